The largest absolute Gasteiger partial charge is 0.497 e. The fourth-order valence-electron chi connectivity index (χ4n) is 4.53. The third-order valence-electron chi connectivity index (χ3n) is 6.86. The smallest absolute Gasteiger partial charge is 0.118 e. The number of benzene rings is 4. The molecule has 0 aromatic heterocycles. The van der Waals surface area contributed by atoms with E-state index in [1.807, 2.05) is 115 Å². The molecule has 0 bridgehead atoms. The lowest BCUT2D eigenvalue weighted by molar-refractivity contribution is -0.179. The zero-order chi connectivity index (χ0) is 30.0. The first-order valence-electron chi connectivity index (χ1n) is 14.6. The lowest BCUT2D eigenvalue weighted by Gasteiger charge is -2.33. The van der Waals surface area contributed by atoms with E-state index < -0.39 is 18.3 Å². The van der Waals surface area contributed by atoms with Gasteiger partial charge in [-0.15, -0.1) is 6.58 Å². The summed E-state index contributed by atoms with van der Waals surface area (Å²) in [7, 11) is 1.66. The molecule has 0 fully saturated rings. The van der Waals surface area contributed by atoms with Crippen LogP contribution in [0, 0.1) is 0 Å². The van der Waals surface area contributed by atoms with Crippen molar-refractivity contribution in [3.63, 3.8) is 0 Å². The van der Waals surface area contributed by atoms with Gasteiger partial charge in [-0.25, -0.2) is 0 Å². The molecule has 4 aromatic rings. The number of hydrogen-bond acceptors (Lipinski definition) is 6. The van der Waals surface area contributed by atoms with Crippen molar-refractivity contribution in [2.24, 2.45) is 0 Å². The Hall–Kier alpha value is -3.78. The summed E-state index contributed by atoms with van der Waals surface area (Å²) in [6, 6.07) is 38.1. The van der Waals surface area contributed by atoms with Crippen LogP contribution in [0.5, 0.6) is 5.75 Å². The van der Waals surface area contributed by atoms with E-state index in [1.165, 1.54) is 0 Å². The first-order chi connectivity index (χ1) is 21.2. The predicted octanol–water partition coefficient (Wildman–Crippen LogP) is 7.17. The molecule has 6 nitrogen and oxygen atoms in total. The quantitative estimate of drug-likeness (QED) is 0.0814. The maximum atomic E-state index is 6.64. The fraction of sp³-hybridized carbons (Fsp3) is 0.297. The molecular weight excluding hydrogens is 540 g/mol. The number of ether oxygens (including phenoxy) is 6. The fourth-order valence-corrected chi connectivity index (χ4v) is 4.53. The standard InChI is InChI=1S/C37H42O6/c1-3-23-39-28-35(41-25-30-13-7-4-8-14-30)37(43-27-32-17-11-6-12-18-32)36(42-26-31-15-9-5-10-16-31)29-40-24-33-19-21-34(38-2)22-20-33/h3-22,35-37H,1,23-29H2,2H3/t35-,36+,37-/m1/s1. The molecular formula is C37H42O6. The number of rotatable bonds is 20. The molecule has 0 saturated carbocycles. The average Bonchev–Trinajstić information content (AvgIpc) is 3.07. The molecule has 0 radical (unpaired) electrons. The van der Waals surface area contributed by atoms with Crippen LogP contribution in [0.1, 0.15) is 22.3 Å². The Morgan fingerprint density at radius 3 is 1.44 bits per heavy atom. The van der Waals surface area contributed by atoms with Crippen molar-refractivity contribution in [2.45, 2.75) is 44.7 Å². The van der Waals surface area contributed by atoms with Crippen molar-refractivity contribution in [3.05, 3.63) is 150 Å². The Labute approximate surface area is 255 Å². The minimum absolute atomic E-state index is 0.297. The first kappa shape index (κ1) is 32.1. The summed E-state index contributed by atoms with van der Waals surface area (Å²) in [5.74, 6) is 0.806. The van der Waals surface area contributed by atoms with Crippen LogP contribution in [0.3, 0.4) is 0 Å². The van der Waals surface area contributed by atoms with Gasteiger partial charge < -0.3 is 28.4 Å². The van der Waals surface area contributed by atoms with Crippen LogP contribution in [0.4, 0.5) is 0 Å². The van der Waals surface area contributed by atoms with Crippen molar-refractivity contribution in [1.29, 1.82) is 0 Å². The highest BCUT2D eigenvalue weighted by Gasteiger charge is 2.33. The van der Waals surface area contributed by atoms with E-state index in [9.17, 15) is 0 Å². The van der Waals surface area contributed by atoms with Gasteiger partial charge in [0.1, 0.15) is 24.1 Å². The minimum atomic E-state index is -0.492. The third kappa shape index (κ3) is 11.4. The van der Waals surface area contributed by atoms with Gasteiger partial charge in [-0.05, 0) is 34.4 Å². The second-order valence-electron chi connectivity index (χ2n) is 10.1. The van der Waals surface area contributed by atoms with E-state index in [2.05, 4.69) is 6.58 Å². The summed E-state index contributed by atoms with van der Waals surface area (Å²) in [5, 5.41) is 0. The predicted molar refractivity (Wildman–Crippen MR) is 169 cm³/mol. The Bertz CT molecular complexity index is 1280. The highest BCUT2D eigenvalue weighted by atomic mass is 16.6. The molecule has 4 aromatic carbocycles. The van der Waals surface area contributed by atoms with Crippen molar-refractivity contribution in [3.8, 4) is 5.75 Å². The number of methoxy groups -OCH3 is 1. The van der Waals surface area contributed by atoms with Crippen LogP contribution in [0.15, 0.2) is 128 Å². The Morgan fingerprint density at radius 2 is 0.977 bits per heavy atom. The van der Waals surface area contributed by atoms with Crippen LogP contribution < -0.4 is 4.74 Å². The van der Waals surface area contributed by atoms with Gasteiger partial charge in [-0.1, -0.05) is 109 Å². The summed E-state index contributed by atoms with van der Waals surface area (Å²) in [4.78, 5) is 0. The SMILES string of the molecule is C=CCOC[C@@H](OCc1ccccc1)[C@@H](OCc1ccccc1)[C@H](COCc1ccc(OC)cc1)OCc1ccccc1. The minimum Gasteiger partial charge on any atom is -0.497 e. The first-order valence-corrected chi connectivity index (χ1v) is 14.6. The normalized spacial score (nSPS) is 13.2. The van der Waals surface area contributed by atoms with Crippen molar-refractivity contribution in [1.82, 2.24) is 0 Å². The molecule has 4 rings (SSSR count). The Balaban J connectivity index is 1.56. The summed E-state index contributed by atoms with van der Waals surface area (Å²) in [6.45, 7) is 6.43. The molecule has 0 heterocycles. The van der Waals surface area contributed by atoms with Crippen molar-refractivity contribution < 1.29 is 28.4 Å². The number of hydrogen-bond donors (Lipinski definition) is 0. The zero-order valence-corrected chi connectivity index (χ0v) is 24.9. The van der Waals surface area contributed by atoms with Crippen LogP contribution in [0.25, 0.3) is 0 Å². The summed E-state index contributed by atoms with van der Waals surface area (Å²) < 4.78 is 37.2. The third-order valence-corrected chi connectivity index (χ3v) is 6.86. The summed E-state index contributed by atoms with van der Waals surface area (Å²) in [5.41, 5.74) is 4.22. The van der Waals surface area contributed by atoms with E-state index in [0.717, 1.165) is 28.0 Å². The molecule has 0 aliphatic carbocycles. The van der Waals surface area contributed by atoms with Gasteiger partial charge in [0.05, 0.1) is 53.4 Å². The monoisotopic (exact) mass is 582 g/mol. The van der Waals surface area contributed by atoms with Crippen molar-refractivity contribution >= 4 is 0 Å². The maximum Gasteiger partial charge on any atom is 0.118 e. The zero-order valence-electron chi connectivity index (χ0n) is 24.9. The molecule has 43 heavy (non-hydrogen) atoms. The molecule has 0 aliphatic heterocycles. The van der Waals surface area contributed by atoms with E-state index >= 15 is 0 Å². The molecule has 0 N–H and O–H groups in total. The summed E-state index contributed by atoms with van der Waals surface area (Å²) in [6.07, 6.45) is 0.355. The lowest BCUT2D eigenvalue weighted by Crippen LogP contribution is -2.47. The van der Waals surface area contributed by atoms with Crippen LogP contribution in [0.2, 0.25) is 0 Å². The van der Waals surface area contributed by atoms with Crippen LogP contribution in [-0.4, -0.2) is 45.2 Å². The van der Waals surface area contributed by atoms with Gasteiger partial charge in [0.2, 0.25) is 0 Å². The molecule has 0 unspecified atom stereocenters. The topological polar surface area (TPSA) is 55.4 Å². The second kappa shape index (κ2) is 18.7. The van der Waals surface area contributed by atoms with E-state index in [0.29, 0.717) is 46.2 Å². The Kier molecular flexibility index (Phi) is 14.0. The van der Waals surface area contributed by atoms with Gasteiger partial charge in [0.15, 0.2) is 0 Å². The van der Waals surface area contributed by atoms with Gasteiger partial charge in [-0.3, -0.25) is 0 Å². The molecule has 0 amide bonds. The van der Waals surface area contributed by atoms with Gasteiger partial charge in [0.25, 0.3) is 0 Å². The molecule has 0 saturated heterocycles. The summed E-state index contributed by atoms with van der Waals surface area (Å²) >= 11 is 0. The van der Waals surface area contributed by atoms with E-state index in [-0.39, 0.29) is 0 Å². The van der Waals surface area contributed by atoms with Crippen LogP contribution >= 0.6 is 0 Å². The van der Waals surface area contributed by atoms with Gasteiger partial charge in [-0.2, -0.15) is 0 Å². The molecule has 3 atom stereocenters. The highest BCUT2D eigenvalue weighted by molar-refractivity contribution is 5.26. The van der Waals surface area contributed by atoms with Crippen LogP contribution in [-0.2, 0) is 50.1 Å². The second-order valence-corrected chi connectivity index (χ2v) is 10.1. The molecule has 0 aliphatic rings. The van der Waals surface area contributed by atoms with E-state index in [4.69, 9.17) is 28.4 Å². The molecule has 226 valence electrons. The Morgan fingerprint density at radius 1 is 0.535 bits per heavy atom. The average molecular weight is 583 g/mol. The maximum absolute atomic E-state index is 6.64. The van der Waals surface area contributed by atoms with E-state index in [1.54, 1.807) is 13.2 Å². The molecule has 6 heteroatoms. The van der Waals surface area contributed by atoms with Gasteiger partial charge in [0, 0.05) is 0 Å². The lowest BCUT2D eigenvalue weighted by atomic mass is 10.1. The highest BCUT2D eigenvalue weighted by Crippen LogP contribution is 2.21. The van der Waals surface area contributed by atoms with Crippen molar-refractivity contribution in [2.75, 3.05) is 26.9 Å². The molecule has 0 spiro atoms. The van der Waals surface area contributed by atoms with Gasteiger partial charge >= 0.3 is 0 Å².